The minimum atomic E-state index is -1.20. The van der Waals surface area contributed by atoms with E-state index in [0.29, 0.717) is 46.2 Å². The average Bonchev–Trinajstić information content (AvgIpc) is 3.48. The molecule has 0 unspecified atom stereocenters. The fourth-order valence-corrected chi connectivity index (χ4v) is 6.17. The molecule has 1 N–H and O–H groups in total. The van der Waals surface area contributed by atoms with E-state index in [1.165, 1.54) is 26.2 Å². The van der Waals surface area contributed by atoms with Crippen LogP contribution in [-0.2, 0) is 16.0 Å². The molecule has 1 aromatic heterocycles. The lowest BCUT2D eigenvalue weighted by molar-refractivity contribution is -0.278. The molecule has 1 aliphatic rings. The van der Waals surface area contributed by atoms with Gasteiger partial charge in [0.2, 0.25) is 5.75 Å². The maximum Gasteiger partial charge on any atom is 0.409 e. The Morgan fingerprint density at radius 3 is 1.98 bits per heavy atom. The first-order valence-electron chi connectivity index (χ1n) is 16.6. The Morgan fingerprint density at radius 1 is 0.865 bits per heavy atom. The van der Waals surface area contributed by atoms with Gasteiger partial charge in [-0.15, -0.1) is 0 Å². The fraction of sp³-hybridized carbons (Fsp3) is 0.366. The molecule has 272 valence electrons. The van der Waals surface area contributed by atoms with Crippen LogP contribution in [0.25, 0.3) is 10.9 Å². The highest BCUT2D eigenvalue weighted by Crippen LogP contribution is 2.39. The van der Waals surface area contributed by atoms with Crippen LogP contribution in [0.2, 0.25) is 0 Å². The molecular weight excluding hydrogens is 664 g/mol. The van der Waals surface area contributed by atoms with Gasteiger partial charge >= 0.3 is 6.09 Å². The number of hydrogen-bond acceptors (Lipinski definition) is 8. The quantitative estimate of drug-likeness (QED) is 0.159. The topological polar surface area (TPSA) is 118 Å². The summed E-state index contributed by atoms with van der Waals surface area (Å²) in [6.45, 7) is 9.46. The van der Waals surface area contributed by atoms with Crippen LogP contribution in [0, 0.1) is 23.7 Å². The van der Waals surface area contributed by atoms with E-state index >= 15 is 0 Å². The molecule has 0 bridgehead atoms. The molecule has 1 amide bonds. The van der Waals surface area contributed by atoms with Crippen molar-refractivity contribution in [1.29, 1.82) is 0 Å². The van der Waals surface area contributed by atoms with Crippen LogP contribution in [0.4, 0.5) is 4.79 Å². The molecule has 0 radical (unpaired) electrons. The molecule has 11 heteroatoms. The number of hydrogen-bond donors (Lipinski definition) is 1. The number of benzene rings is 3. The van der Waals surface area contributed by atoms with Crippen molar-refractivity contribution in [3.05, 3.63) is 83.0 Å². The lowest BCUT2D eigenvalue weighted by Gasteiger charge is -2.50. The third kappa shape index (κ3) is 7.81. The number of carboxylic acid groups (broad SMARTS) is 1. The van der Waals surface area contributed by atoms with Crippen molar-refractivity contribution in [3.63, 3.8) is 0 Å². The molecule has 11 nitrogen and oxygen atoms in total. The zero-order valence-corrected chi connectivity index (χ0v) is 31.0. The molecule has 0 saturated carbocycles. The normalized spacial score (nSPS) is 14.6. The Bertz CT molecular complexity index is 2070. The Morgan fingerprint density at radius 2 is 1.46 bits per heavy atom. The minimum Gasteiger partial charge on any atom is -0.497 e. The van der Waals surface area contributed by atoms with Crippen molar-refractivity contribution in [1.82, 2.24) is 9.47 Å². The monoisotopic (exact) mass is 708 g/mol. The van der Waals surface area contributed by atoms with Crippen molar-refractivity contribution >= 4 is 22.8 Å². The van der Waals surface area contributed by atoms with Gasteiger partial charge in [-0.25, -0.2) is 4.79 Å². The van der Waals surface area contributed by atoms with Gasteiger partial charge in [0.25, 0.3) is 0 Å². The number of methoxy groups -OCH3 is 4. The Labute approximate surface area is 304 Å². The summed E-state index contributed by atoms with van der Waals surface area (Å²) >= 11 is 0. The van der Waals surface area contributed by atoms with E-state index < -0.39 is 23.0 Å². The molecular formula is C41H44N2O9. The molecule has 4 aromatic rings. The van der Waals surface area contributed by atoms with Gasteiger partial charge in [-0.05, 0) is 83.1 Å². The maximum absolute atomic E-state index is 13.9. The van der Waals surface area contributed by atoms with Crippen LogP contribution in [-0.4, -0.2) is 85.0 Å². The number of amides is 1. The SMILES string of the molecule is COc1ccc2c(C(=O)c3cc(OC)c(OC)c(OC)c3)cn(CC#Cc3ccc(C#CC4(N(C(=O)O)C(C)(C)C)COC(C)(C)OC4)cc3)c2c1. The van der Waals surface area contributed by atoms with Gasteiger partial charge < -0.3 is 38.1 Å². The molecule has 3 aromatic carbocycles. The lowest BCUT2D eigenvalue weighted by atomic mass is 9.91. The molecule has 52 heavy (non-hydrogen) atoms. The van der Waals surface area contributed by atoms with E-state index in [1.807, 2.05) is 67.8 Å². The van der Waals surface area contributed by atoms with Crippen LogP contribution < -0.4 is 18.9 Å². The number of rotatable bonds is 8. The van der Waals surface area contributed by atoms with Crippen molar-refractivity contribution in [2.75, 3.05) is 41.7 Å². The number of nitrogens with zero attached hydrogens (tertiary/aromatic N) is 2. The largest absolute Gasteiger partial charge is 0.497 e. The molecule has 1 saturated heterocycles. The molecule has 1 fully saturated rings. The fourth-order valence-electron chi connectivity index (χ4n) is 6.17. The minimum absolute atomic E-state index is 0.0653. The molecule has 2 heterocycles. The van der Waals surface area contributed by atoms with Crippen molar-refractivity contribution < 1.29 is 43.1 Å². The first kappa shape index (κ1) is 37.6. The first-order chi connectivity index (χ1) is 24.6. The third-order valence-corrected chi connectivity index (χ3v) is 8.67. The molecule has 0 atom stereocenters. The second-order valence-electron chi connectivity index (χ2n) is 13.7. The summed E-state index contributed by atoms with van der Waals surface area (Å²) in [5.41, 5.74) is 1.14. The third-order valence-electron chi connectivity index (χ3n) is 8.67. The summed E-state index contributed by atoms with van der Waals surface area (Å²) < 4.78 is 35.6. The summed E-state index contributed by atoms with van der Waals surface area (Å²) in [4.78, 5) is 27.7. The van der Waals surface area contributed by atoms with E-state index in [-0.39, 0.29) is 19.0 Å². The summed E-state index contributed by atoms with van der Waals surface area (Å²) in [7, 11) is 6.11. The number of carbonyl (C=O) groups is 2. The number of carbonyl (C=O) groups excluding carboxylic acids is 1. The highest BCUT2D eigenvalue weighted by molar-refractivity contribution is 6.17. The van der Waals surface area contributed by atoms with E-state index in [2.05, 4.69) is 23.7 Å². The summed E-state index contributed by atoms with van der Waals surface area (Å²) in [5, 5.41) is 10.9. The second kappa shape index (κ2) is 14.9. The molecule has 5 rings (SSSR count). The molecule has 0 aliphatic carbocycles. The van der Waals surface area contributed by atoms with Gasteiger partial charge in [-0.1, -0.05) is 23.7 Å². The Hall–Kier alpha value is -5.62. The van der Waals surface area contributed by atoms with Crippen LogP contribution in [0.1, 0.15) is 61.7 Å². The van der Waals surface area contributed by atoms with Gasteiger partial charge in [0.15, 0.2) is 28.6 Å². The van der Waals surface area contributed by atoms with Crippen LogP contribution in [0.3, 0.4) is 0 Å². The van der Waals surface area contributed by atoms with Gasteiger partial charge in [-0.2, -0.15) is 0 Å². The summed E-state index contributed by atoms with van der Waals surface area (Å²) in [5.74, 6) is 13.5. The smallest absolute Gasteiger partial charge is 0.409 e. The van der Waals surface area contributed by atoms with Gasteiger partial charge in [0.1, 0.15) is 5.75 Å². The highest BCUT2D eigenvalue weighted by atomic mass is 16.7. The Balaban J connectivity index is 1.42. The van der Waals surface area contributed by atoms with Gasteiger partial charge in [-0.3, -0.25) is 9.69 Å². The van der Waals surface area contributed by atoms with Gasteiger partial charge in [0.05, 0.1) is 53.7 Å². The molecule has 1 aliphatic heterocycles. The van der Waals surface area contributed by atoms with Gasteiger partial charge in [0, 0.05) is 45.4 Å². The van der Waals surface area contributed by atoms with Crippen molar-refractivity contribution in [2.24, 2.45) is 0 Å². The van der Waals surface area contributed by atoms with E-state index in [9.17, 15) is 14.7 Å². The average molecular weight is 709 g/mol. The van der Waals surface area contributed by atoms with Crippen LogP contribution >= 0.6 is 0 Å². The Kier molecular flexibility index (Phi) is 10.8. The van der Waals surface area contributed by atoms with E-state index in [1.54, 1.807) is 39.3 Å². The van der Waals surface area contributed by atoms with Crippen LogP contribution in [0.15, 0.2) is 60.8 Å². The number of ketones is 1. The maximum atomic E-state index is 13.9. The second-order valence-corrected chi connectivity index (χ2v) is 13.7. The zero-order valence-electron chi connectivity index (χ0n) is 31.0. The van der Waals surface area contributed by atoms with Crippen LogP contribution in [0.5, 0.6) is 23.0 Å². The van der Waals surface area contributed by atoms with Crippen molar-refractivity contribution in [3.8, 4) is 46.7 Å². The predicted molar refractivity (Wildman–Crippen MR) is 197 cm³/mol. The number of ether oxygens (including phenoxy) is 6. The zero-order chi connectivity index (χ0) is 37.8. The number of aromatic nitrogens is 1. The van der Waals surface area contributed by atoms with Crippen molar-refractivity contribution in [2.45, 2.75) is 58.0 Å². The number of fused-ring (bicyclic) bond motifs is 1. The molecule has 0 spiro atoms. The first-order valence-corrected chi connectivity index (χ1v) is 16.6. The van der Waals surface area contributed by atoms with E-state index in [0.717, 1.165) is 16.5 Å². The lowest BCUT2D eigenvalue weighted by Crippen LogP contribution is -2.66. The summed E-state index contributed by atoms with van der Waals surface area (Å²) in [6.07, 6.45) is 0.683. The highest BCUT2D eigenvalue weighted by Gasteiger charge is 2.49. The predicted octanol–water partition coefficient (Wildman–Crippen LogP) is 6.61. The summed E-state index contributed by atoms with van der Waals surface area (Å²) in [6, 6.07) is 16.2. The van der Waals surface area contributed by atoms with E-state index in [4.69, 9.17) is 28.4 Å². The standard InChI is InChI=1S/C41H44N2O9/c1-39(2,3)43(38(45)46)41(25-51-40(4,5)52-26-41)19-18-28-14-12-27(13-15-28)11-10-20-42-24-32(31-17-16-30(47-6)23-33(31)42)36(44)29-21-34(48-7)37(50-9)35(22-29)49-8/h12-17,21-24H,20,25-26H2,1-9H3,(H,45,46).